The van der Waals surface area contributed by atoms with Crippen molar-refractivity contribution >= 4 is 29.1 Å². The lowest BCUT2D eigenvalue weighted by molar-refractivity contribution is -0.384. The van der Waals surface area contributed by atoms with Crippen molar-refractivity contribution in [2.24, 2.45) is 0 Å². The van der Waals surface area contributed by atoms with Crippen LogP contribution in [0.1, 0.15) is 37.0 Å². The number of benzene rings is 1. The first-order valence-corrected chi connectivity index (χ1v) is 9.70. The molecule has 1 aromatic carbocycles. The molecule has 0 unspecified atom stereocenters. The Labute approximate surface area is 168 Å². The maximum absolute atomic E-state index is 12.8. The first-order valence-electron chi connectivity index (χ1n) is 9.70. The first-order chi connectivity index (χ1) is 13.8. The number of nitrogens with one attached hydrogen (secondary N) is 2. The van der Waals surface area contributed by atoms with E-state index in [0.29, 0.717) is 5.69 Å². The van der Waals surface area contributed by atoms with Crippen molar-refractivity contribution in [1.29, 1.82) is 0 Å². The number of nitrogens with zero attached hydrogens (tertiary/aromatic N) is 3. The van der Waals surface area contributed by atoms with Gasteiger partial charge in [0.05, 0.1) is 4.92 Å². The highest BCUT2D eigenvalue weighted by molar-refractivity contribution is 6.35. The van der Waals surface area contributed by atoms with E-state index in [1.807, 2.05) is 0 Å². The first kappa shape index (κ1) is 20.6. The molecule has 1 aliphatic heterocycles. The van der Waals surface area contributed by atoms with Crippen LogP contribution >= 0.6 is 0 Å². The Morgan fingerprint density at radius 3 is 2.28 bits per heavy atom. The third-order valence-corrected chi connectivity index (χ3v) is 4.85. The van der Waals surface area contributed by atoms with Gasteiger partial charge in [0.1, 0.15) is 5.69 Å². The van der Waals surface area contributed by atoms with Crippen molar-refractivity contribution in [3.05, 3.63) is 33.9 Å². The summed E-state index contributed by atoms with van der Waals surface area (Å²) in [4.78, 5) is 50.6. The molecule has 0 bridgehead atoms. The summed E-state index contributed by atoms with van der Waals surface area (Å²) >= 11 is 0. The maximum Gasteiger partial charge on any atom is 0.312 e. The van der Waals surface area contributed by atoms with E-state index < -0.39 is 16.7 Å². The van der Waals surface area contributed by atoms with Gasteiger partial charge in [-0.05, 0) is 38.8 Å². The fourth-order valence-corrected chi connectivity index (χ4v) is 3.15. The predicted molar refractivity (Wildman–Crippen MR) is 106 cm³/mol. The highest BCUT2D eigenvalue weighted by Gasteiger charge is 2.30. The number of anilines is 1. The predicted octanol–water partition coefficient (Wildman–Crippen LogP) is 0.978. The number of nitro benzene ring substituents is 1. The zero-order chi connectivity index (χ0) is 21.1. The van der Waals surface area contributed by atoms with E-state index >= 15 is 0 Å². The fourth-order valence-electron chi connectivity index (χ4n) is 3.15. The average Bonchev–Trinajstić information content (AvgIpc) is 3.50. The highest BCUT2D eigenvalue weighted by atomic mass is 16.6. The summed E-state index contributed by atoms with van der Waals surface area (Å²) in [6, 6.07) is 4.56. The zero-order valence-electron chi connectivity index (χ0n) is 16.5. The van der Waals surface area contributed by atoms with Crippen LogP contribution in [0, 0.1) is 10.1 Å². The van der Waals surface area contributed by atoms with Crippen molar-refractivity contribution in [1.82, 2.24) is 15.1 Å². The van der Waals surface area contributed by atoms with E-state index in [1.165, 1.54) is 15.9 Å². The van der Waals surface area contributed by atoms with Crippen LogP contribution in [0.4, 0.5) is 11.4 Å². The molecule has 1 aromatic rings. The Bertz CT molecular complexity index is 828. The summed E-state index contributed by atoms with van der Waals surface area (Å²) in [6.45, 7) is 4.53. The molecule has 0 spiro atoms. The van der Waals surface area contributed by atoms with Crippen molar-refractivity contribution in [3.8, 4) is 0 Å². The standard InChI is InChI=1S/C19H25N5O5/c1-12(2)20-17(25)19(27)23-9-7-22(8-10-23)18(26)13-3-6-15(21-14-4-5-14)16(11-13)24(28)29/h3,6,11-12,14,21H,4-5,7-10H2,1-2H3,(H,20,25). The molecule has 1 heterocycles. The van der Waals surface area contributed by atoms with E-state index in [4.69, 9.17) is 0 Å². The van der Waals surface area contributed by atoms with Gasteiger partial charge in [0, 0.05) is 49.9 Å². The molecule has 156 valence electrons. The van der Waals surface area contributed by atoms with Gasteiger partial charge in [-0.15, -0.1) is 0 Å². The summed E-state index contributed by atoms with van der Waals surface area (Å²) in [5, 5.41) is 17.1. The van der Waals surface area contributed by atoms with Crippen LogP contribution in [0.25, 0.3) is 0 Å². The molecule has 1 aliphatic carbocycles. The van der Waals surface area contributed by atoms with Crippen LogP contribution < -0.4 is 10.6 Å². The van der Waals surface area contributed by atoms with E-state index in [9.17, 15) is 24.5 Å². The van der Waals surface area contributed by atoms with Crippen molar-refractivity contribution < 1.29 is 19.3 Å². The van der Waals surface area contributed by atoms with Gasteiger partial charge in [-0.2, -0.15) is 0 Å². The second kappa shape index (κ2) is 8.46. The minimum absolute atomic E-state index is 0.123. The molecule has 0 atom stereocenters. The van der Waals surface area contributed by atoms with Gasteiger partial charge >= 0.3 is 11.8 Å². The van der Waals surface area contributed by atoms with E-state index in [1.54, 1.807) is 26.0 Å². The normalized spacial score (nSPS) is 16.5. The monoisotopic (exact) mass is 403 g/mol. The van der Waals surface area contributed by atoms with Crippen molar-refractivity contribution in [3.63, 3.8) is 0 Å². The maximum atomic E-state index is 12.8. The Morgan fingerprint density at radius 1 is 1.10 bits per heavy atom. The molecule has 2 N–H and O–H groups in total. The minimum atomic E-state index is -0.658. The topological polar surface area (TPSA) is 125 Å². The lowest BCUT2D eigenvalue weighted by Gasteiger charge is -2.34. The smallest absolute Gasteiger partial charge is 0.312 e. The van der Waals surface area contributed by atoms with E-state index in [2.05, 4.69) is 10.6 Å². The van der Waals surface area contributed by atoms with Gasteiger partial charge in [-0.25, -0.2) is 0 Å². The second-order valence-corrected chi connectivity index (χ2v) is 7.62. The van der Waals surface area contributed by atoms with Gasteiger partial charge in [0.2, 0.25) is 0 Å². The van der Waals surface area contributed by atoms with Gasteiger partial charge in [-0.3, -0.25) is 24.5 Å². The Morgan fingerprint density at radius 2 is 1.72 bits per heavy atom. The van der Waals surface area contributed by atoms with Gasteiger partial charge < -0.3 is 20.4 Å². The molecule has 2 fully saturated rings. The molecule has 10 heteroatoms. The molecular formula is C19H25N5O5. The Hall–Kier alpha value is -3.17. The molecule has 1 saturated heterocycles. The molecule has 3 amide bonds. The number of amides is 3. The summed E-state index contributed by atoms with van der Waals surface area (Å²) in [5.41, 5.74) is 0.526. The zero-order valence-corrected chi connectivity index (χ0v) is 16.5. The number of nitro groups is 1. The largest absolute Gasteiger partial charge is 0.377 e. The van der Waals surface area contributed by atoms with Crippen LogP contribution in [0.3, 0.4) is 0 Å². The number of hydrogen-bond acceptors (Lipinski definition) is 6. The number of piperazine rings is 1. The molecule has 3 rings (SSSR count). The molecule has 1 saturated carbocycles. The summed E-state index contributed by atoms with van der Waals surface area (Å²) in [7, 11) is 0. The number of carbonyl (C=O) groups excluding carboxylic acids is 3. The van der Waals surface area contributed by atoms with Gasteiger partial charge in [0.25, 0.3) is 11.6 Å². The van der Waals surface area contributed by atoms with Crippen LogP contribution in [0.2, 0.25) is 0 Å². The highest BCUT2D eigenvalue weighted by Crippen LogP contribution is 2.31. The molecule has 2 aliphatic rings. The van der Waals surface area contributed by atoms with Gasteiger partial charge in [0.15, 0.2) is 0 Å². The number of carbonyl (C=O) groups is 3. The molecule has 0 aromatic heterocycles. The quantitative estimate of drug-likeness (QED) is 0.429. The summed E-state index contributed by atoms with van der Waals surface area (Å²) < 4.78 is 0. The van der Waals surface area contributed by atoms with Crippen LogP contribution in [0.15, 0.2) is 18.2 Å². The molecule has 10 nitrogen and oxygen atoms in total. The summed E-state index contributed by atoms with van der Waals surface area (Å²) in [6.07, 6.45) is 1.96. The molecular weight excluding hydrogens is 378 g/mol. The van der Waals surface area contributed by atoms with E-state index in [-0.39, 0.29) is 55.4 Å². The van der Waals surface area contributed by atoms with Crippen LogP contribution in [0.5, 0.6) is 0 Å². The summed E-state index contributed by atoms with van der Waals surface area (Å²) in [5.74, 6) is -1.60. The second-order valence-electron chi connectivity index (χ2n) is 7.62. The lowest BCUT2D eigenvalue weighted by Crippen LogP contribution is -2.54. The number of rotatable bonds is 5. The fraction of sp³-hybridized carbons (Fsp3) is 0.526. The van der Waals surface area contributed by atoms with Crippen molar-refractivity contribution in [2.75, 3.05) is 31.5 Å². The number of hydrogen-bond donors (Lipinski definition) is 2. The van der Waals surface area contributed by atoms with Crippen molar-refractivity contribution in [2.45, 2.75) is 38.8 Å². The Balaban J connectivity index is 1.63. The minimum Gasteiger partial charge on any atom is -0.377 e. The van der Waals surface area contributed by atoms with Crippen LogP contribution in [-0.4, -0.2) is 70.7 Å². The average molecular weight is 403 g/mol. The lowest BCUT2D eigenvalue weighted by atomic mass is 10.1. The third-order valence-electron chi connectivity index (χ3n) is 4.85. The van der Waals surface area contributed by atoms with Crippen LogP contribution in [-0.2, 0) is 9.59 Å². The van der Waals surface area contributed by atoms with Gasteiger partial charge in [-0.1, -0.05) is 0 Å². The Kier molecular flexibility index (Phi) is 6.00. The SMILES string of the molecule is CC(C)NC(=O)C(=O)N1CCN(C(=O)c2ccc(NC3CC3)c([N+](=O)[O-])c2)CC1. The van der Waals surface area contributed by atoms with E-state index in [0.717, 1.165) is 12.8 Å². The molecule has 29 heavy (non-hydrogen) atoms. The third kappa shape index (κ3) is 5.01. The molecule has 0 radical (unpaired) electrons.